The van der Waals surface area contributed by atoms with E-state index in [9.17, 15) is 0 Å². The van der Waals surface area contributed by atoms with Gasteiger partial charge in [0.25, 0.3) is 0 Å². The van der Waals surface area contributed by atoms with Gasteiger partial charge in [-0.1, -0.05) is 60.7 Å². The van der Waals surface area contributed by atoms with Gasteiger partial charge < -0.3 is 15.5 Å². The molecule has 23 heavy (non-hydrogen) atoms. The minimum absolute atomic E-state index is 0.554. The van der Waals surface area contributed by atoms with Gasteiger partial charge in [0.2, 0.25) is 0 Å². The average molecular weight is 329 g/mol. The average Bonchev–Trinajstić information content (AvgIpc) is 2.59. The van der Waals surface area contributed by atoms with E-state index in [4.69, 9.17) is 16.3 Å². The van der Waals surface area contributed by atoms with Crippen molar-refractivity contribution in [1.29, 1.82) is 0 Å². The molecule has 0 aliphatic rings. The van der Waals surface area contributed by atoms with Crippen molar-refractivity contribution in [1.82, 2.24) is 5.01 Å². The summed E-state index contributed by atoms with van der Waals surface area (Å²) in [5.74, 6) is 6.74. The van der Waals surface area contributed by atoms with Crippen molar-refractivity contribution in [2.75, 3.05) is 13.2 Å². The molecule has 2 rings (SSSR count). The molecule has 0 saturated heterocycles. The van der Waals surface area contributed by atoms with E-state index in [1.807, 2.05) is 48.5 Å². The van der Waals surface area contributed by atoms with Crippen LogP contribution in [-0.2, 0) is 17.1 Å². The fraction of sp³-hybridized carbons (Fsp3) is 0.222. The van der Waals surface area contributed by atoms with E-state index < -0.39 is 0 Å². The van der Waals surface area contributed by atoms with Crippen LogP contribution in [0.3, 0.4) is 0 Å². The van der Waals surface area contributed by atoms with Crippen LogP contribution in [0.1, 0.15) is 11.1 Å². The highest BCUT2D eigenvalue weighted by molar-refractivity contribution is 8.02. The molecule has 4 N–H and O–H groups in total. The summed E-state index contributed by atoms with van der Waals surface area (Å²) >= 11 is 1.57. The van der Waals surface area contributed by atoms with E-state index in [-0.39, 0.29) is 0 Å². The second-order valence-electron chi connectivity index (χ2n) is 5.08. The maximum atomic E-state index is 5.98. The molecule has 2 aromatic carbocycles. The second-order valence-corrected chi connectivity index (χ2v) is 6.13. The van der Waals surface area contributed by atoms with E-state index in [2.05, 4.69) is 12.1 Å². The lowest BCUT2D eigenvalue weighted by molar-refractivity contribution is 0.104. The number of hydrogen-bond donors (Lipinski definition) is 2. The zero-order valence-electron chi connectivity index (χ0n) is 13.1. The molecule has 0 aliphatic carbocycles. The quantitative estimate of drug-likeness (QED) is 0.420. The maximum absolute atomic E-state index is 5.98. The molecule has 0 radical (unpaired) electrons. The van der Waals surface area contributed by atoms with Crippen LogP contribution in [0.15, 0.2) is 71.9 Å². The molecule has 0 heterocycles. The van der Waals surface area contributed by atoms with Gasteiger partial charge in [0, 0.05) is 12.0 Å². The monoisotopic (exact) mass is 329 g/mol. The van der Waals surface area contributed by atoms with E-state index in [0.29, 0.717) is 24.8 Å². The molecule has 0 saturated carbocycles. The van der Waals surface area contributed by atoms with E-state index >= 15 is 0 Å². The van der Waals surface area contributed by atoms with Crippen molar-refractivity contribution < 1.29 is 4.74 Å². The number of thioether (sulfide) groups is 1. The Hall–Kier alpha value is -1.95. The van der Waals surface area contributed by atoms with Gasteiger partial charge in [0.15, 0.2) is 0 Å². The van der Waals surface area contributed by atoms with Crippen LogP contribution in [0.4, 0.5) is 0 Å². The predicted molar refractivity (Wildman–Crippen MR) is 97.0 cm³/mol. The molecule has 0 spiro atoms. The predicted octanol–water partition coefficient (Wildman–Crippen LogP) is 3.07. The first-order chi connectivity index (χ1) is 11.2. The number of ether oxygens (including phenoxy) is 1. The standard InChI is InChI=1S/C18H23N3OS/c19-18(23-15-17-9-5-2-6-10-17)13-21(20)11-12-22-14-16-7-3-1-4-8-16/h1-10,13H,11-12,14-15,19-20H2/b18-13+. The summed E-state index contributed by atoms with van der Waals surface area (Å²) in [6.07, 6.45) is 1.75. The molecular weight excluding hydrogens is 306 g/mol. The van der Waals surface area contributed by atoms with Gasteiger partial charge in [0.05, 0.1) is 24.8 Å². The number of benzene rings is 2. The first-order valence-corrected chi connectivity index (χ1v) is 8.49. The highest BCUT2D eigenvalue weighted by atomic mass is 32.2. The Morgan fingerprint density at radius 2 is 1.61 bits per heavy atom. The van der Waals surface area contributed by atoms with Gasteiger partial charge in [-0.2, -0.15) is 0 Å². The molecule has 0 unspecified atom stereocenters. The van der Waals surface area contributed by atoms with Gasteiger partial charge in [0.1, 0.15) is 0 Å². The highest BCUT2D eigenvalue weighted by Gasteiger charge is 1.99. The molecule has 5 heteroatoms. The Morgan fingerprint density at radius 3 is 2.26 bits per heavy atom. The van der Waals surface area contributed by atoms with Crippen molar-refractivity contribution in [3.63, 3.8) is 0 Å². The summed E-state index contributed by atoms with van der Waals surface area (Å²) in [6, 6.07) is 20.3. The summed E-state index contributed by atoms with van der Waals surface area (Å²) in [6.45, 7) is 1.74. The topological polar surface area (TPSA) is 64.5 Å². The smallest absolute Gasteiger partial charge is 0.0835 e. The zero-order chi connectivity index (χ0) is 16.3. The summed E-state index contributed by atoms with van der Waals surface area (Å²) in [4.78, 5) is 0. The van der Waals surface area contributed by atoms with E-state index in [1.54, 1.807) is 23.0 Å². The molecular formula is C18H23N3OS. The number of hydrogen-bond acceptors (Lipinski definition) is 5. The molecule has 122 valence electrons. The Balaban J connectivity index is 1.63. The summed E-state index contributed by atoms with van der Waals surface area (Å²) in [5, 5.41) is 2.26. The third-order valence-corrected chi connectivity index (χ3v) is 4.06. The van der Waals surface area contributed by atoms with Crippen molar-refractivity contribution in [2.24, 2.45) is 11.6 Å². The van der Waals surface area contributed by atoms with Gasteiger partial charge in [-0.15, -0.1) is 11.8 Å². The first-order valence-electron chi connectivity index (χ1n) is 7.51. The SMILES string of the molecule is N/C(=C\N(N)CCOCc1ccccc1)SCc1ccccc1. The molecule has 0 aliphatic heterocycles. The lowest BCUT2D eigenvalue weighted by atomic mass is 10.2. The van der Waals surface area contributed by atoms with Crippen molar-refractivity contribution in [3.05, 3.63) is 83.0 Å². The Kier molecular flexibility index (Phi) is 7.52. The molecule has 4 nitrogen and oxygen atoms in total. The summed E-state index contributed by atoms with van der Waals surface area (Å²) in [5.41, 5.74) is 8.38. The normalized spacial score (nSPS) is 11.4. The molecule has 0 fully saturated rings. The Bertz CT molecular complexity index is 590. The molecule has 0 atom stereocenters. The number of nitrogens with zero attached hydrogens (tertiary/aromatic N) is 1. The van der Waals surface area contributed by atoms with Crippen LogP contribution in [0, 0.1) is 0 Å². The van der Waals surface area contributed by atoms with Crippen LogP contribution >= 0.6 is 11.8 Å². The fourth-order valence-electron chi connectivity index (χ4n) is 1.94. The van der Waals surface area contributed by atoms with Crippen molar-refractivity contribution >= 4 is 11.8 Å². The number of nitrogens with two attached hydrogens (primary N) is 2. The molecule has 0 aromatic heterocycles. The maximum Gasteiger partial charge on any atom is 0.0835 e. The fourth-order valence-corrected chi connectivity index (χ4v) is 2.68. The van der Waals surface area contributed by atoms with Crippen molar-refractivity contribution in [2.45, 2.75) is 12.4 Å². The lowest BCUT2D eigenvalue weighted by Gasteiger charge is -2.15. The van der Waals surface area contributed by atoms with Gasteiger partial charge in [-0.25, -0.2) is 5.84 Å². The van der Waals surface area contributed by atoms with Gasteiger partial charge in [-0.3, -0.25) is 0 Å². The van der Waals surface area contributed by atoms with Gasteiger partial charge in [-0.05, 0) is 11.1 Å². The Labute approximate surface area is 142 Å². The molecule has 0 amide bonds. The van der Waals surface area contributed by atoms with Crippen LogP contribution in [0.5, 0.6) is 0 Å². The molecule has 0 bridgehead atoms. The van der Waals surface area contributed by atoms with Crippen LogP contribution in [-0.4, -0.2) is 18.2 Å². The third-order valence-electron chi connectivity index (χ3n) is 3.15. The Morgan fingerprint density at radius 1 is 1.00 bits per heavy atom. The summed E-state index contributed by atoms with van der Waals surface area (Å²) < 4.78 is 5.60. The summed E-state index contributed by atoms with van der Waals surface area (Å²) in [7, 11) is 0. The van der Waals surface area contributed by atoms with E-state index in [0.717, 1.165) is 11.3 Å². The van der Waals surface area contributed by atoms with Crippen LogP contribution < -0.4 is 11.6 Å². The van der Waals surface area contributed by atoms with Crippen LogP contribution in [0.25, 0.3) is 0 Å². The third kappa shape index (κ3) is 7.23. The highest BCUT2D eigenvalue weighted by Crippen LogP contribution is 2.17. The zero-order valence-corrected chi connectivity index (χ0v) is 13.9. The molecule has 2 aromatic rings. The number of rotatable bonds is 9. The lowest BCUT2D eigenvalue weighted by Crippen LogP contribution is -2.29. The van der Waals surface area contributed by atoms with Crippen LogP contribution in [0.2, 0.25) is 0 Å². The minimum atomic E-state index is 0.554. The van der Waals surface area contributed by atoms with E-state index in [1.165, 1.54) is 5.56 Å². The van der Waals surface area contributed by atoms with Gasteiger partial charge >= 0.3 is 0 Å². The number of hydrazine groups is 1. The first kappa shape index (κ1) is 17.4. The second kappa shape index (κ2) is 9.94. The minimum Gasteiger partial charge on any atom is -0.392 e. The largest absolute Gasteiger partial charge is 0.392 e. The van der Waals surface area contributed by atoms with Crippen molar-refractivity contribution in [3.8, 4) is 0 Å².